The Kier molecular flexibility index (Phi) is 4.52. The third-order valence-electron chi connectivity index (χ3n) is 3.09. The fourth-order valence-electron chi connectivity index (χ4n) is 1.98. The number of carbonyl (C=O) groups is 1. The molecule has 1 atom stereocenters. The predicted molar refractivity (Wildman–Crippen MR) is 71.5 cm³/mol. The van der Waals surface area contributed by atoms with Gasteiger partial charge >= 0.3 is 0 Å². The van der Waals surface area contributed by atoms with Gasteiger partial charge in [0.05, 0.1) is 13.2 Å². The Morgan fingerprint density at radius 3 is 2.90 bits per heavy atom. The lowest BCUT2D eigenvalue weighted by atomic mass is 10.2. The maximum Gasteiger partial charge on any atom is 0.245 e. The van der Waals surface area contributed by atoms with Crippen molar-refractivity contribution in [2.45, 2.75) is 10.9 Å². The van der Waals surface area contributed by atoms with E-state index in [-0.39, 0.29) is 30.3 Å². The number of morpholine rings is 1. The van der Waals surface area contributed by atoms with Gasteiger partial charge in [0.1, 0.15) is 22.7 Å². The Bertz CT molecular complexity index is 665. The summed E-state index contributed by atoms with van der Waals surface area (Å²) in [4.78, 5) is 15.5. The molecule has 1 aliphatic rings. The van der Waals surface area contributed by atoms with E-state index in [1.807, 2.05) is 6.07 Å². The van der Waals surface area contributed by atoms with E-state index in [2.05, 4.69) is 10.3 Å². The zero-order valence-corrected chi connectivity index (χ0v) is 12.1. The van der Waals surface area contributed by atoms with Crippen LogP contribution < -0.4 is 5.32 Å². The molecule has 0 aromatic carbocycles. The van der Waals surface area contributed by atoms with Crippen LogP contribution in [0.25, 0.3) is 0 Å². The first kappa shape index (κ1) is 15.4. The number of nitrogens with zero attached hydrogens (tertiary/aromatic N) is 3. The first-order valence-electron chi connectivity index (χ1n) is 6.18. The van der Waals surface area contributed by atoms with Crippen molar-refractivity contribution >= 4 is 15.9 Å². The average molecular weight is 310 g/mol. The average Bonchev–Trinajstić information content (AvgIpc) is 2.54. The zero-order chi connectivity index (χ0) is 15.5. The van der Waals surface area contributed by atoms with E-state index in [0.717, 1.165) is 10.5 Å². The molecular weight excluding hydrogens is 296 g/mol. The van der Waals surface area contributed by atoms with Crippen molar-refractivity contribution in [2.24, 2.45) is 0 Å². The van der Waals surface area contributed by atoms with E-state index in [1.54, 1.807) is 0 Å². The Morgan fingerprint density at radius 1 is 1.57 bits per heavy atom. The Morgan fingerprint density at radius 2 is 2.33 bits per heavy atom. The van der Waals surface area contributed by atoms with Gasteiger partial charge in [-0.05, 0) is 12.1 Å². The topological polar surface area (TPSA) is 112 Å². The van der Waals surface area contributed by atoms with Crippen LogP contribution in [-0.4, -0.2) is 56.5 Å². The molecule has 9 heteroatoms. The van der Waals surface area contributed by atoms with Gasteiger partial charge in [0.15, 0.2) is 0 Å². The Hall–Kier alpha value is -2.02. The summed E-state index contributed by atoms with van der Waals surface area (Å²) >= 11 is 0. The largest absolute Gasteiger partial charge is 0.378 e. The number of amides is 1. The molecule has 0 spiro atoms. The molecule has 1 N–H and O–H groups in total. The van der Waals surface area contributed by atoms with Crippen LogP contribution in [0.2, 0.25) is 0 Å². The van der Waals surface area contributed by atoms with Gasteiger partial charge in [-0.2, -0.15) is 9.57 Å². The van der Waals surface area contributed by atoms with Gasteiger partial charge in [0.25, 0.3) is 0 Å². The van der Waals surface area contributed by atoms with Gasteiger partial charge in [-0.3, -0.25) is 4.79 Å². The molecule has 1 unspecified atom stereocenters. The normalized spacial score (nSPS) is 19.7. The summed E-state index contributed by atoms with van der Waals surface area (Å²) in [5, 5.41) is 11.1. The van der Waals surface area contributed by atoms with Crippen LogP contribution in [0.4, 0.5) is 0 Å². The summed E-state index contributed by atoms with van der Waals surface area (Å²) in [6, 6.07) is 3.53. The molecule has 1 aliphatic heterocycles. The van der Waals surface area contributed by atoms with Crippen molar-refractivity contribution < 1.29 is 17.9 Å². The van der Waals surface area contributed by atoms with Gasteiger partial charge in [-0.25, -0.2) is 13.4 Å². The van der Waals surface area contributed by atoms with Crippen molar-refractivity contribution in [3.05, 3.63) is 24.0 Å². The molecule has 1 amide bonds. The van der Waals surface area contributed by atoms with Gasteiger partial charge < -0.3 is 10.1 Å². The van der Waals surface area contributed by atoms with Crippen LogP contribution in [0.5, 0.6) is 0 Å². The van der Waals surface area contributed by atoms with Crippen molar-refractivity contribution in [2.75, 3.05) is 26.8 Å². The number of hydrogen-bond acceptors (Lipinski definition) is 6. The van der Waals surface area contributed by atoms with Crippen LogP contribution in [0.3, 0.4) is 0 Å². The second-order valence-electron chi connectivity index (χ2n) is 4.31. The molecule has 2 heterocycles. The first-order valence-corrected chi connectivity index (χ1v) is 7.62. The van der Waals surface area contributed by atoms with E-state index in [1.165, 1.54) is 19.2 Å². The molecule has 1 saturated heterocycles. The van der Waals surface area contributed by atoms with Crippen LogP contribution in [0.15, 0.2) is 23.2 Å². The lowest BCUT2D eigenvalue weighted by Gasteiger charge is -2.33. The molecule has 112 valence electrons. The molecule has 0 aliphatic carbocycles. The highest BCUT2D eigenvalue weighted by Crippen LogP contribution is 2.20. The minimum Gasteiger partial charge on any atom is -0.378 e. The molecule has 21 heavy (non-hydrogen) atoms. The maximum atomic E-state index is 12.6. The summed E-state index contributed by atoms with van der Waals surface area (Å²) in [5.74, 6) is -0.431. The number of rotatable bonds is 3. The summed E-state index contributed by atoms with van der Waals surface area (Å²) < 4.78 is 31.4. The number of carbonyl (C=O) groups excluding carboxylic acids is 1. The highest BCUT2D eigenvalue weighted by atomic mass is 32.2. The summed E-state index contributed by atoms with van der Waals surface area (Å²) in [6.45, 7) is 0.305. The van der Waals surface area contributed by atoms with Gasteiger partial charge in [0, 0.05) is 19.8 Å². The monoisotopic (exact) mass is 310 g/mol. The summed E-state index contributed by atoms with van der Waals surface area (Å²) in [6.07, 6.45) is 1.12. The van der Waals surface area contributed by atoms with E-state index in [4.69, 9.17) is 10.00 Å². The number of aromatic nitrogens is 1. The lowest BCUT2D eigenvalue weighted by molar-refractivity contribution is -0.128. The van der Waals surface area contributed by atoms with Gasteiger partial charge in [-0.15, -0.1) is 0 Å². The fourth-order valence-corrected chi connectivity index (χ4v) is 3.49. The van der Waals surface area contributed by atoms with E-state index in [0.29, 0.717) is 0 Å². The molecule has 0 saturated carbocycles. The van der Waals surface area contributed by atoms with Gasteiger partial charge in [-0.1, -0.05) is 0 Å². The van der Waals surface area contributed by atoms with E-state index >= 15 is 0 Å². The molecule has 1 aromatic rings. The Balaban J connectivity index is 2.35. The number of hydrogen-bond donors (Lipinski definition) is 1. The Labute approximate surface area is 122 Å². The maximum absolute atomic E-state index is 12.6. The van der Waals surface area contributed by atoms with Crippen molar-refractivity contribution in [3.8, 4) is 6.07 Å². The van der Waals surface area contributed by atoms with Crippen molar-refractivity contribution in [1.29, 1.82) is 5.26 Å². The number of likely N-dealkylation sites (N-methyl/N-ethyl adjacent to an activating group) is 1. The van der Waals surface area contributed by atoms with Crippen LogP contribution in [0.1, 0.15) is 5.69 Å². The molecule has 0 bridgehead atoms. The SMILES string of the molecule is CNC(=O)C1COCCN1S(=O)(=O)c1ccc(C#N)nc1. The van der Waals surface area contributed by atoms with Crippen LogP contribution in [-0.2, 0) is 19.6 Å². The highest BCUT2D eigenvalue weighted by molar-refractivity contribution is 7.89. The predicted octanol–water partition coefficient (Wildman–Crippen LogP) is -0.911. The minimum absolute atomic E-state index is 0.00259. The number of sulfonamides is 1. The van der Waals surface area contributed by atoms with Crippen molar-refractivity contribution in [3.63, 3.8) is 0 Å². The first-order chi connectivity index (χ1) is 10.0. The second kappa shape index (κ2) is 6.17. The second-order valence-corrected chi connectivity index (χ2v) is 6.20. The van der Waals surface area contributed by atoms with Crippen molar-refractivity contribution in [1.82, 2.24) is 14.6 Å². The molecular formula is C12H14N4O4S. The molecule has 0 radical (unpaired) electrons. The standard InChI is InChI=1S/C12H14N4O4S/c1-14-12(17)11-8-20-5-4-16(11)21(18,19)10-3-2-9(6-13)15-7-10/h2-3,7,11H,4-5,8H2,1H3,(H,14,17). The minimum atomic E-state index is -3.87. The van der Waals surface area contributed by atoms with Gasteiger partial charge in [0.2, 0.25) is 15.9 Å². The summed E-state index contributed by atoms with van der Waals surface area (Å²) in [7, 11) is -2.44. The van der Waals surface area contributed by atoms with E-state index in [9.17, 15) is 13.2 Å². The fraction of sp³-hybridized carbons (Fsp3) is 0.417. The molecule has 1 aromatic heterocycles. The number of pyridine rings is 1. The molecule has 2 rings (SSSR count). The number of nitrogens with one attached hydrogen (secondary N) is 1. The quantitative estimate of drug-likeness (QED) is 0.773. The van der Waals surface area contributed by atoms with E-state index < -0.39 is 22.0 Å². The summed E-state index contributed by atoms with van der Waals surface area (Å²) in [5.41, 5.74) is 0.124. The third-order valence-corrected chi connectivity index (χ3v) is 4.98. The highest BCUT2D eigenvalue weighted by Gasteiger charge is 2.38. The number of ether oxygens (including phenoxy) is 1. The number of nitriles is 1. The van der Waals surface area contributed by atoms with Crippen LogP contribution in [0, 0.1) is 11.3 Å². The molecule has 1 fully saturated rings. The molecule has 8 nitrogen and oxygen atoms in total. The lowest BCUT2D eigenvalue weighted by Crippen LogP contribution is -2.55. The zero-order valence-electron chi connectivity index (χ0n) is 11.3. The van der Waals surface area contributed by atoms with Crippen LogP contribution >= 0.6 is 0 Å². The third kappa shape index (κ3) is 3.02. The smallest absolute Gasteiger partial charge is 0.245 e.